The van der Waals surface area contributed by atoms with E-state index in [1.54, 1.807) is 27.7 Å². The van der Waals surface area contributed by atoms with Crippen LogP contribution in [0.3, 0.4) is 0 Å². The molecule has 0 spiro atoms. The molecule has 2 heterocycles. The quantitative estimate of drug-likeness (QED) is 0.736. The predicted octanol–water partition coefficient (Wildman–Crippen LogP) is 0.567. The maximum Gasteiger partial charge on any atom is 0.163 e. The lowest BCUT2D eigenvalue weighted by Crippen LogP contribution is -2.57. The molecular formula is C14H24O6. The van der Waals surface area contributed by atoms with E-state index in [0.717, 1.165) is 0 Å². The van der Waals surface area contributed by atoms with E-state index in [2.05, 4.69) is 6.58 Å². The van der Waals surface area contributed by atoms with Crippen LogP contribution in [0.2, 0.25) is 0 Å². The number of hydrogen-bond donors (Lipinski definition) is 2. The second kappa shape index (κ2) is 5.05. The fraction of sp³-hybridized carbons (Fsp3) is 0.857. The van der Waals surface area contributed by atoms with Crippen molar-refractivity contribution < 1.29 is 29.2 Å². The highest BCUT2D eigenvalue weighted by molar-refractivity contribution is 5.10. The van der Waals surface area contributed by atoms with Crippen molar-refractivity contribution in [1.82, 2.24) is 0 Å². The summed E-state index contributed by atoms with van der Waals surface area (Å²) >= 11 is 0. The Hall–Kier alpha value is -0.500. The highest BCUT2D eigenvalue weighted by atomic mass is 16.8. The van der Waals surface area contributed by atoms with Crippen LogP contribution in [0.4, 0.5) is 0 Å². The first-order valence-corrected chi connectivity index (χ1v) is 6.77. The number of aliphatic hydroxyl groups is 2. The molecule has 2 saturated heterocycles. The topological polar surface area (TPSA) is 77.4 Å². The summed E-state index contributed by atoms with van der Waals surface area (Å²) in [5, 5.41) is 21.2. The van der Waals surface area contributed by atoms with Gasteiger partial charge in [0.15, 0.2) is 11.6 Å². The van der Waals surface area contributed by atoms with Crippen LogP contribution in [0.5, 0.6) is 0 Å². The lowest BCUT2D eigenvalue weighted by molar-refractivity contribution is -0.204. The minimum Gasteiger partial charge on any atom is -0.387 e. The molecule has 116 valence electrons. The third-order valence-corrected chi connectivity index (χ3v) is 3.71. The van der Waals surface area contributed by atoms with Gasteiger partial charge in [-0.15, -0.1) is 6.58 Å². The van der Waals surface area contributed by atoms with Gasteiger partial charge in [0, 0.05) is 0 Å². The van der Waals surface area contributed by atoms with E-state index in [1.165, 1.54) is 6.08 Å². The van der Waals surface area contributed by atoms with Gasteiger partial charge in [-0.2, -0.15) is 0 Å². The van der Waals surface area contributed by atoms with Gasteiger partial charge in [0.05, 0.1) is 13.2 Å². The molecule has 0 aromatic rings. The largest absolute Gasteiger partial charge is 0.387 e. The molecule has 0 amide bonds. The van der Waals surface area contributed by atoms with Crippen molar-refractivity contribution in [3.63, 3.8) is 0 Å². The highest BCUT2D eigenvalue weighted by Gasteiger charge is 2.53. The van der Waals surface area contributed by atoms with Crippen LogP contribution in [0, 0.1) is 0 Å². The molecule has 0 aromatic carbocycles. The predicted molar refractivity (Wildman–Crippen MR) is 71.0 cm³/mol. The summed E-state index contributed by atoms with van der Waals surface area (Å²) in [7, 11) is 0. The fourth-order valence-corrected chi connectivity index (χ4v) is 2.53. The Labute approximate surface area is 119 Å². The minimum atomic E-state index is -1.66. The number of rotatable bonds is 4. The Morgan fingerprint density at radius 3 is 2.10 bits per heavy atom. The van der Waals surface area contributed by atoms with Crippen molar-refractivity contribution in [3.05, 3.63) is 12.7 Å². The SMILES string of the molecule is C=C[C@](O)([C@H](O)[C@H]1COC(C)(C)O1)[C@H]1COC(C)(C)O1. The molecule has 2 aliphatic heterocycles. The molecule has 4 atom stereocenters. The maximum absolute atomic E-state index is 10.7. The van der Waals surface area contributed by atoms with Crippen molar-refractivity contribution in [2.24, 2.45) is 0 Å². The zero-order valence-corrected chi connectivity index (χ0v) is 12.5. The van der Waals surface area contributed by atoms with Crippen LogP contribution in [0.1, 0.15) is 27.7 Å². The Bertz CT molecular complexity index is 380. The first-order valence-electron chi connectivity index (χ1n) is 6.77. The summed E-state index contributed by atoms with van der Waals surface area (Å²) in [6.07, 6.45) is -1.30. The number of hydrogen-bond acceptors (Lipinski definition) is 6. The maximum atomic E-state index is 10.7. The van der Waals surface area contributed by atoms with Crippen LogP contribution in [0.15, 0.2) is 12.7 Å². The van der Waals surface area contributed by atoms with E-state index in [9.17, 15) is 10.2 Å². The van der Waals surface area contributed by atoms with Crippen molar-refractivity contribution in [2.75, 3.05) is 13.2 Å². The van der Waals surface area contributed by atoms with Gasteiger partial charge in [0.1, 0.15) is 23.9 Å². The van der Waals surface area contributed by atoms with Gasteiger partial charge in [-0.25, -0.2) is 0 Å². The zero-order chi connectivity index (χ0) is 15.2. The second-order valence-electron chi connectivity index (χ2n) is 6.22. The van der Waals surface area contributed by atoms with Gasteiger partial charge < -0.3 is 29.2 Å². The molecular weight excluding hydrogens is 264 g/mol. The normalized spacial score (nSPS) is 36.5. The van der Waals surface area contributed by atoms with Crippen LogP contribution < -0.4 is 0 Å². The van der Waals surface area contributed by atoms with Crippen molar-refractivity contribution in [3.8, 4) is 0 Å². The lowest BCUT2D eigenvalue weighted by atomic mass is 9.87. The molecule has 0 radical (unpaired) electrons. The average molecular weight is 288 g/mol. The lowest BCUT2D eigenvalue weighted by Gasteiger charge is -2.37. The first-order chi connectivity index (χ1) is 9.10. The van der Waals surface area contributed by atoms with Crippen LogP contribution in [-0.4, -0.2) is 58.9 Å². The van der Waals surface area contributed by atoms with E-state index in [4.69, 9.17) is 18.9 Å². The molecule has 2 aliphatic rings. The number of ether oxygens (including phenoxy) is 4. The standard InChI is InChI=1S/C14H24O6/c1-6-14(16,10-8-18-13(4,5)20-10)11(15)9-7-17-12(2,3)19-9/h6,9-11,15-16H,1,7-8H2,2-5H3/t9-,10-,11-,14-/m1/s1. The van der Waals surface area contributed by atoms with Crippen LogP contribution >= 0.6 is 0 Å². The summed E-state index contributed by atoms with van der Waals surface area (Å²) in [5.41, 5.74) is -1.66. The summed E-state index contributed by atoms with van der Waals surface area (Å²) < 4.78 is 22.1. The third-order valence-electron chi connectivity index (χ3n) is 3.71. The number of aliphatic hydroxyl groups excluding tert-OH is 1. The zero-order valence-electron chi connectivity index (χ0n) is 12.5. The summed E-state index contributed by atoms with van der Waals surface area (Å²) in [4.78, 5) is 0. The van der Waals surface area contributed by atoms with Gasteiger partial charge >= 0.3 is 0 Å². The summed E-state index contributed by atoms with van der Waals surface area (Å²) in [6.45, 7) is 11.0. The van der Waals surface area contributed by atoms with Crippen molar-refractivity contribution in [1.29, 1.82) is 0 Å². The molecule has 0 aromatic heterocycles. The van der Waals surface area contributed by atoms with E-state index in [1.807, 2.05) is 0 Å². The molecule has 6 nitrogen and oxygen atoms in total. The van der Waals surface area contributed by atoms with Crippen molar-refractivity contribution in [2.45, 2.75) is 63.2 Å². The summed E-state index contributed by atoms with van der Waals surface area (Å²) in [5.74, 6) is -1.58. The monoisotopic (exact) mass is 288 g/mol. The van der Waals surface area contributed by atoms with Crippen molar-refractivity contribution >= 4 is 0 Å². The van der Waals surface area contributed by atoms with E-state index in [-0.39, 0.29) is 13.2 Å². The van der Waals surface area contributed by atoms with E-state index >= 15 is 0 Å². The average Bonchev–Trinajstić information content (AvgIpc) is 2.90. The van der Waals surface area contributed by atoms with Gasteiger partial charge in [0.2, 0.25) is 0 Å². The molecule has 0 saturated carbocycles. The van der Waals surface area contributed by atoms with Gasteiger partial charge in [-0.05, 0) is 27.7 Å². The molecule has 6 heteroatoms. The van der Waals surface area contributed by atoms with Crippen LogP contribution in [0.25, 0.3) is 0 Å². The Balaban J connectivity index is 2.12. The molecule has 2 fully saturated rings. The second-order valence-corrected chi connectivity index (χ2v) is 6.22. The Kier molecular flexibility index (Phi) is 4.01. The molecule has 2 rings (SSSR count). The van der Waals surface area contributed by atoms with Gasteiger partial charge in [0.25, 0.3) is 0 Å². The third kappa shape index (κ3) is 2.90. The van der Waals surface area contributed by atoms with Crippen LogP contribution in [-0.2, 0) is 18.9 Å². The van der Waals surface area contributed by atoms with E-state index < -0.39 is 35.5 Å². The highest BCUT2D eigenvalue weighted by Crippen LogP contribution is 2.35. The Morgan fingerprint density at radius 1 is 1.15 bits per heavy atom. The smallest absolute Gasteiger partial charge is 0.163 e. The molecule has 0 unspecified atom stereocenters. The van der Waals surface area contributed by atoms with E-state index in [0.29, 0.717) is 0 Å². The fourth-order valence-electron chi connectivity index (χ4n) is 2.53. The van der Waals surface area contributed by atoms with Gasteiger partial charge in [-0.1, -0.05) is 6.08 Å². The minimum absolute atomic E-state index is 0.170. The molecule has 0 aliphatic carbocycles. The molecule has 2 N–H and O–H groups in total. The summed E-state index contributed by atoms with van der Waals surface area (Å²) in [6, 6.07) is 0. The molecule has 0 bridgehead atoms. The first kappa shape index (κ1) is 15.9. The van der Waals surface area contributed by atoms with Gasteiger partial charge in [-0.3, -0.25) is 0 Å². The Morgan fingerprint density at radius 2 is 1.70 bits per heavy atom. The molecule has 20 heavy (non-hydrogen) atoms.